The fourth-order valence-corrected chi connectivity index (χ4v) is 2.91. The molecule has 0 atom stereocenters. The second-order valence-electron chi connectivity index (χ2n) is 5.30. The summed E-state index contributed by atoms with van der Waals surface area (Å²) in [5, 5.41) is 2.89. The monoisotopic (exact) mass is 329 g/mol. The second kappa shape index (κ2) is 9.95. The number of carbonyl (C=O) groups excluding carboxylic acids is 1. The molecule has 2 aromatic rings. The summed E-state index contributed by atoms with van der Waals surface area (Å²) in [6, 6.07) is 18.2. The van der Waals surface area contributed by atoms with Gasteiger partial charge in [0.25, 0.3) is 0 Å². The van der Waals surface area contributed by atoms with Gasteiger partial charge in [-0.05, 0) is 24.6 Å². The van der Waals surface area contributed by atoms with Crippen LogP contribution in [0.2, 0.25) is 0 Å². The van der Waals surface area contributed by atoms with Gasteiger partial charge in [0.15, 0.2) is 0 Å². The molecule has 0 aliphatic carbocycles. The Bertz CT molecular complexity index is 584. The highest BCUT2D eigenvalue weighted by atomic mass is 32.2. The van der Waals surface area contributed by atoms with E-state index in [1.807, 2.05) is 49.4 Å². The smallest absolute Gasteiger partial charge is 0.220 e. The zero-order valence-corrected chi connectivity index (χ0v) is 14.3. The zero-order chi connectivity index (χ0) is 16.3. The molecule has 0 saturated carbocycles. The van der Waals surface area contributed by atoms with Crippen LogP contribution in [0.3, 0.4) is 0 Å². The molecule has 0 fully saturated rings. The molecule has 0 aliphatic heterocycles. The molecule has 0 spiro atoms. The summed E-state index contributed by atoms with van der Waals surface area (Å²) in [7, 11) is 0. The number of hydrogen-bond acceptors (Lipinski definition) is 3. The minimum atomic E-state index is 0.0815. The first-order valence-corrected chi connectivity index (χ1v) is 8.97. The maximum atomic E-state index is 11.7. The van der Waals surface area contributed by atoms with Crippen molar-refractivity contribution < 1.29 is 9.53 Å². The zero-order valence-electron chi connectivity index (χ0n) is 13.5. The predicted octanol–water partition coefficient (Wildman–Crippen LogP) is 3.81. The lowest BCUT2D eigenvalue weighted by atomic mass is 10.2. The van der Waals surface area contributed by atoms with Gasteiger partial charge in [0.1, 0.15) is 12.4 Å². The van der Waals surface area contributed by atoms with Gasteiger partial charge >= 0.3 is 0 Å². The SMILES string of the molecule is Cc1ccc(OCCNC(=O)CCSCc2ccccc2)cc1. The molecule has 0 aromatic heterocycles. The van der Waals surface area contributed by atoms with Gasteiger partial charge in [0.05, 0.1) is 6.54 Å². The van der Waals surface area contributed by atoms with E-state index in [2.05, 4.69) is 17.4 Å². The van der Waals surface area contributed by atoms with E-state index in [9.17, 15) is 4.79 Å². The summed E-state index contributed by atoms with van der Waals surface area (Å²) in [5.41, 5.74) is 2.50. The molecule has 2 aromatic carbocycles. The predicted molar refractivity (Wildman–Crippen MR) is 96.9 cm³/mol. The van der Waals surface area contributed by atoms with Crippen LogP contribution in [0.15, 0.2) is 54.6 Å². The maximum Gasteiger partial charge on any atom is 0.220 e. The molecule has 1 N–H and O–H groups in total. The van der Waals surface area contributed by atoms with Crippen molar-refractivity contribution in [3.63, 3.8) is 0 Å². The molecular formula is C19H23NO2S. The third-order valence-electron chi connectivity index (χ3n) is 3.30. The Morgan fingerprint density at radius 2 is 1.83 bits per heavy atom. The first kappa shape index (κ1) is 17.4. The van der Waals surface area contributed by atoms with Crippen LogP contribution in [0.4, 0.5) is 0 Å². The maximum absolute atomic E-state index is 11.7. The summed E-state index contributed by atoms with van der Waals surface area (Å²) in [4.78, 5) is 11.7. The van der Waals surface area contributed by atoms with Crippen molar-refractivity contribution in [2.24, 2.45) is 0 Å². The van der Waals surface area contributed by atoms with Crippen molar-refractivity contribution in [1.29, 1.82) is 0 Å². The van der Waals surface area contributed by atoms with E-state index >= 15 is 0 Å². The fourth-order valence-electron chi connectivity index (χ4n) is 2.01. The number of hydrogen-bond donors (Lipinski definition) is 1. The van der Waals surface area contributed by atoms with Crippen LogP contribution in [-0.4, -0.2) is 24.8 Å². The Kier molecular flexibility index (Phi) is 7.54. The number of amides is 1. The van der Waals surface area contributed by atoms with Gasteiger partial charge in [-0.3, -0.25) is 4.79 Å². The van der Waals surface area contributed by atoms with Crippen molar-refractivity contribution in [1.82, 2.24) is 5.32 Å². The molecule has 0 aliphatic rings. The van der Waals surface area contributed by atoms with Crippen LogP contribution in [0, 0.1) is 6.92 Å². The lowest BCUT2D eigenvalue weighted by Gasteiger charge is -2.08. The average Bonchev–Trinajstić information content (AvgIpc) is 2.58. The van der Waals surface area contributed by atoms with Gasteiger partial charge in [0, 0.05) is 17.9 Å². The minimum absolute atomic E-state index is 0.0815. The van der Waals surface area contributed by atoms with E-state index in [0.717, 1.165) is 17.3 Å². The highest BCUT2D eigenvalue weighted by molar-refractivity contribution is 7.98. The van der Waals surface area contributed by atoms with Crippen LogP contribution in [0.5, 0.6) is 5.75 Å². The van der Waals surface area contributed by atoms with Crippen molar-refractivity contribution in [2.45, 2.75) is 19.1 Å². The lowest BCUT2D eigenvalue weighted by molar-refractivity contribution is -0.120. The van der Waals surface area contributed by atoms with E-state index in [1.165, 1.54) is 11.1 Å². The lowest BCUT2D eigenvalue weighted by Crippen LogP contribution is -2.28. The van der Waals surface area contributed by atoms with Crippen LogP contribution >= 0.6 is 11.8 Å². The molecule has 0 unspecified atom stereocenters. The molecule has 0 heterocycles. The number of aryl methyl sites for hydroxylation is 1. The first-order chi connectivity index (χ1) is 11.2. The summed E-state index contributed by atoms with van der Waals surface area (Å²) < 4.78 is 5.57. The van der Waals surface area contributed by atoms with Crippen LogP contribution in [-0.2, 0) is 10.5 Å². The molecule has 4 heteroatoms. The molecule has 3 nitrogen and oxygen atoms in total. The van der Waals surface area contributed by atoms with Crippen LogP contribution in [0.25, 0.3) is 0 Å². The van der Waals surface area contributed by atoms with E-state index in [1.54, 1.807) is 11.8 Å². The molecule has 122 valence electrons. The number of thioether (sulfide) groups is 1. The summed E-state index contributed by atoms with van der Waals surface area (Å²) in [6.07, 6.45) is 0.544. The molecule has 0 bridgehead atoms. The van der Waals surface area contributed by atoms with E-state index in [0.29, 0.717) is 19.6 Å². The highest BCUT2D eigenvalue weighted by Gasteiger charge is 2.01. The van der Waals surface area contributed by atoms with E-state index in [-0.39, 0.29) is 5.91 Å². The largest absolute Gasteiger partial charge is 0.492 e. The summed E-state index contributed by atoms with van der Waals surface area (Å²) in [6.45, 7) is 3.07. The Hall–Kier alpha value is -1.94. The van der Waals surface area contributed by atoms with E-state index < -0.39 is 0 Å². The number of benzene rings is 2. The summed E-state index contributed by atoms with van der Waals surface area (Å²) in [5.74, 6) is 2.70. The quantitative estimate of drug-likeness (QED) is 0.711. The molecule has 0 saturated heterocycles. The Labute approximate surface area is 142 Å². The number of carbonyl (C=O) groups is 1. The highest BCUT2D eigenvalue weighted by Crippen LogP contribution is 2.12. The van der Waals surface area contributed by atoms with Crippen molar-refractivity contribution in [3.05, 3.63) is 65.7 Å². The van der Waals surface area contributed by atoms with Gasteiger partial charge in [-0.1, -0.05) is 48.0 Å². The molecule has 2 rings (SSSR count). The Morgan fingerprint density at radius 1 is 1.09 bits per heavy atom. The van der Waals surface area contributed by atoms with Gasteiger partial charge in [-0.2, -0.15) is 11.8 Å². The number of rotatable bonds is 9. The van der Waals surface area contributed by atoms with Gasteiger partial charge in [-0.15, -0.1) is 0 Å². The van der Waals surface area contributed by atoms with Gasteiger partial charge in [-0.25, -0.2) is 0 Å². The van der Waals surface area contributed by atoms with Crippen molar-refractivity contribution >= 4 is 17.7 Å². The Balaban J connectivity index is 1.51. The molecule has 0 radical (unpaired) electrons. The van der Waals surface area contributed by atoms with Gasteiger partial charge < -0.3 is 10.1 Å². The Morgan fingerprint density at radius 3 is 2.57 bits per heavy atom. The standard InChI is InChI=1S/C19H23NO2S/c1-16-7-9-18(10-8-16)22-13-12-20-19(21)11-14-23-15-17-5-3-2-4-6-17/h2-10H,11-15H2,1H3,(H,20,21). The van der Waals surface area contributed by atoms with E-state index in [4.69, 9.17) is 4.74 Å². The molecule has 1 amide bonds. The minimum Gasteiger partial charge on any atom is -0.492 e. The molecular weight excluding hydrogens is 306 g/mol. The first-order valence-electron chi connectivity index (χ1n) is 7.82. The third-order valence-corrected chi connectivity index (χ3v) is 4.33. The topological polar surface area (TPSA) is 38.3 Å². The average molecular weight is 329 g/mol. The fraction of sp³-hybridized carbons (Fsp3) is 0.316. The van der Waals surface area contributed by atoms with Crippen LogP contribution < -0.4 is 10.1 Å². The van der Waals surface area contributed by atoms with Crippen molar-refractivity contribution in [2.75, 3.05) is 18.9 Å². The number of ether oxygens (including phenoxy) is 1. The molecule has 23 heavy (non-hydrogen) atoms. The van der Waals surface area contributed by atoms with Crippen molar-refractivity contribution in [3.8, 4) is 5.75 Å². The summed E-state index contributed by atoms with van der Waals surface area (Å²) >= 11 is 1.78. The normalized spacial score (nSPS) is 10.3. The third kappa shape index (κ3) is 7.24. The van der Waals surface area contributed by atoms with Crippen LogP contribution in [0.1, 0.15) is 17.5 Å². The van der Waals surface area contributed by atoms with Gasteiger partial charge in [0.2, 0.25) is 5.91 Å². The number of nitrogens with one attached hydrogen (secondary N) is 1. The second-order valence-corrected chi connectivity index (χ2v) is 6.40.